The number of imidazole rings is 1. The maximum Gasteiger partial charge on any atom is 0.252 e. The van der Waals surface area contributed by atoms with Crippen molar-refractivity contribution in [3.05, 3.63) is 113 Å². The van der Waals surface area contributed by atoms with Gasteiger partial charge in [-0.15, -0.1) is 0 Å². The molecule has 0 fully saturated rings. The molecule has 1 heterocycles. The SMILES string of the molecule is O=C(NCCCCCc1nc2ccccc2n1Cc1ccc2ccccc2c1)c1ccccc1Cl. The Bertz CT molecular complexity index is 1470. The summed E-state index contributed by atoms with van der Waals surface area (Å²) in [6, 6.07) is 30.6. The highest BCUT2D eigenvalue weighted by molar-refractivity contribution is 6.33. The van der Waals surface area contributed by atoms with E-state index in [4.69, 9.17) is 16.6 Å². The molecule has 0 radical (unpaired) electrons. The number of carbonyl (C=O) groups excluding carboxylic acids is 1. The number of amides is 1. The number of hydrogen-bond donors (Lipinski definition) is 1. The molecule has 1 N–H and O–H groups in total. The lowest BCUT2D eigenvalue weighted by Gasteiger charge is -2.11. The zero-order chi connectivity index (χ0) is 24.0. The molecule has 0 saturated carbocycles. The Morgan fingerprint density at radius 3 is 2.49 bits per heavy atom. The van der Waals surface area contributed by atoms with Crippen LogP contribution in [0.25, 0.3) is 21.8 Å². The number of nitrogens with one attached hydrogen (secondary N) is 1. The van der Waals surface area contributed by atoms with Crippen LogP contribution in [0, 0.1) is 0 Å². The molecule has 0 aliphatic heterocycles. The number of benzene rings is 4. The molecule has 0 spiro atoms. The first-order valence-electron chi connectivity index (χ1n) is 12.1. The highest BCUT2D eigenvalue weighted by Crippen LogP contribution is 2.22. The Morgan fingerprint density at radius 2 is 1.60 bits per heavy atom. The average Bonchev–Trinajstić information content (AvgIpc) is 3.23. The summed E-state index contributed by atoms with van der Waals surface area (Å²) in [5, 5.41) is 5.97. The van der Waals surface area contributed by atoms with Crippen molar-refractivity contribution >= 4 is 39.3 Å². The summed E-state index contributed by atoms with van der Waals surface area (Å²) in [4.78, 5) is 17.3. The maximum absolute atomic E-state index is 12.3. The predicted molar refractivity (Wildman–Crippen MR) is 144 cm³/mol. The molecule has 0 aliphatic carbocycles. The number of hydrogen-bond acceptors (Lipinski definition) is 2. The minimum absolute atomic E-state index is 0.118. The van der Waals surface area contributed by atoms with Crippen LogP contribution in [-0.4, -0.2) is 22.0 Å². The Morgan fingerprint density at radius 1 is 0.829 bits per heavy atom. The van der Waals surface area contributed by atoms with Gasteiger partial charge in [0.15, 0.2) is 0 Å². The van der Waals surface area contributed by atoms with Crippen molar-refractivity contribution in [3.63, 3.8) is 0 Å². The molecule has 1 aromatic heterocycles. The number of fused-ring (bicyclic) bond motifs is 2. The number of nitrogens with zero attached hydrogens (tertiary/aromatic N) is 2. The van der Waals surface area contributed by atoms with Gasteiger partial charge in [0.2, 0.25) is 0 Å². The number of aromatic nitrogens is 2. The van der Waals surface area contributed by atoms with E-state index in [9.17, 15) is 4.79 Å². The minimum Gasteiger partial charge on any atom is -0.352 e. The molecule has 35 heavy (non-hydrogen) atoms. The molecule has 5 rings (SSSR count). The summed E-state index contributed by atoms with van der Waals surface area (Å²) in [7, 11) is 0. The molecule has 0 atom stereocenters. The second-order valence-electron chi connectivity index (χ2n) is 8.83. The Labute approximate surface area is 210 Å². The number of halogens is 1. The van der Waals surface area contributed by atoms with Crippen LogP contribution in [0.5, 0.6) is 0 Å². The van der Waals surface area contributed by atoms with Gasteiger partial charge in [-0.2, -0.15) is 0 Å². The molecule has 0 saturated heterocycles. The number of rotatable bonds is 9. The zero-order valence-corrected chi connectivity index (χ0v) is 20.3. The minimum atomic E-state index is -0.118. The van der Waals surface area contributed by atoms with E-state index in [0.29, 0.717) is 17.1 Å². The van der Waals surface area contributed by atoms with E-state index in [1.54, 1.807) is 12.1 Å². The Kier molecular flexibility index (Phi) is 7.10. The summed E-state index contributed by atoms with van der Waals surface area (Å²) < 4.78 is 2.35. The third-order valence-electron chi connectivity index (χ3n) is 6.37. The third kappa shape index (κ3) is 5.39. The molecule has 0 unspecified atom stereocenters. The molecule has 5 aromatic rings. The lowest BCUT2D eigenvalue weighted by atomic mass is 10.1. The predicted octanol–water partition coefficient (Wildman–Crippen LogP) is 7.03. The van der Waals surface area contributed by atoms with E-state index in [0.717, 1.165) is 43.6 Å². The summed E-state index contributed by atoms with van der Waals surface area (Å²) in [5.41, 5.74) is 4.00. The summed E-state index contributed by atoms with van der Waals surface area (Å²) >= 11 is 6.11. The number of unbranched alkanes of at least 4 members (excludes halogenated alkanes) is 2. The van der Waals surface area contributed by atoms with Crippen LogP contribution in [0.2, 0.25) is 5.02 Å². The molecular formula is C30H28ClN3O. The van der Waals surface area contributed by atoms with E-state index in [1.807, 2.05) is 18.2 Å². The van der Waals surface area contributed by atoms with Crippen LogP contribution in [0.15, 0.2) is 91.0 Å². The molecule has 0 bridgehead atoms. The van der Waals surface area contributed by atoms with Gasteiger partial charge in [0, 0.05) is 19.5 Å². The molecule has 176 valence electrons. The summed E-state index contributed by atoms with van der Waals surface area (Å²) in [5.74, 6) is 0.993. The van der Waals surface area contributed by atoms with Crippen LogP contribution in [0.3, 0.4) is 0 Å². The molecule has 4 nitrogen and oxygen atoms in total. The van der Waals surface area contributed by atoms with Crippen molar-refractivity contribution in [2.75, 3.05) is 6.54 Å². The van der Waals surface area contributed by atoms with Crippen LogP contribution in [0.4, 0.5) is 0 Å². The van der Waals surface area contributed by atoms with Gasteiger partial charge in [0.05, 0.1) is 21.6 Å². The van der Waals surface area contributed by atoms with E-state index >= 15 is 0 Å². The second-order valence-corrected chi connectivity index (χ2v) is 9.24. The first-order chi connectivity index (χ1) is 17.2. The second kappa shape index (κ2) is 10.7. The average molecular weight is 482 g/mol. The van der Waals surface area contributed by atoms with Crippen LogP contribution >= 0.6 is 11.6 Å². The van der Waals surface area contributed by atoms with Gasteiger partial charge in [-0.25, -0.2) is 4.98 Å². The zero-order valence-electron chi connectivity index (χ0n) is 19.6. The fourth-order valence-corrected chi connectivity index (χ4v) is 4.76. The number of para-hydroxylation sites is 2. The lowest BCUT2D eigenvalue weighted by Crippen LogP contribution is -2.24. The highest BCUT2D eigenvalue weighted by Gasteiger charge is 2.12. The summed E-state index contributed by atoms with van der Waals surface area (Å²) in [6.07, 6.45) is 3.85. The van der Waals surface area contributed by atoms with E-state index in [1.165, 1.54) is 21.9 Å². The first kappa shape index (κ1) is 23.1. The van der Waals surface area contributed by atoms with Gasteiger partial charge in [-0.05, 0) is 59.5 Å². The van der Waals surface area contributed by atoms with Gasteiger partial charge in [0.25, 0.3) is 5.91 Å². The van der Waals surface area contributed by atoms with Crippen molar-refractivity contribution in [3.8, 4) is 0 Å². The topological polar surface area (TPSA) is 46.9 Å². The monoisotopic (exact) mass is 481 g/mol. The first-order valence-corrected chi connectivity index (χ1v) is 12.5. The van der Waals surface area contributed by atoms with Gasteiger partial charge in [-0.1, -0.05) is 78.7 Å². The highest BCUT2D eigenvalue weighted by atomic mass is 35.5. The smallest absolute Gasteiger partial charge is 0.252 e. The van der Waals surface area contributed by atoms with Crippen molar-refractivity contribution in [2.45, 2.75) is 32.2 Å². The quantitative estimate of drug-likeness (QED) is 0.230. The molecule has 1 amide bonds. The Balaban J connectivity index is 1.21. The third-order valence-corrected chi connectivity index (χ3v) is 6.70. The van der Waals surface area contributed by atoms with Crippen LogP contribution < -0.4 is 5.32 Å². The number of aryl methyl sites for hydroxylation is 1. The van der Waals surface area contributed by atoms with Gasteiger partial charge in [0.1, 0.15) is 5.82 Å². The molecule has 5 heteroatoms. The maximum atomic E-state index is 12.3. The fourth-order valence-electron chi connectivity index (χ4n) is 4.54. The van der Waals surface area contributed by atoms with Crippen molar-refractivity contribution in [2.24, 2.45) is 0 Å². The van der Waals surface area contributed by atoms with Crippen molar-refractivity contribution < 1.29 is 4.79 Å². The standard InChI is InChI=1S/C30H28ClN3O/c31-26-13-6-5-12-25(26)30(35)32-19-9-1-2-16-29-33-27-14-7-8-15-28(27)34(29)21-22-17-18-23-10-3-4-11-24(23)20-22/h3-8,10-15,17-18,20H,1-2,9,16,19,21H2,(H,32,35). The largest absolute Gasteiger partial charge is 0.352 e. The molecule has 4 aromatic carbocycles. The number of carbonyl (C=O) groups is 1. The van der Waals surface area contributed by atoms with Crippen LogP contribution in [0.1, 0.15) is 41.0 Å². The van der Waals surface area contributed by atoms with E-state index in [2.05, 4.69) is 70.5 Å². The molecule has 0 aliphatic rings. The van der Waals surface area contributed by atoms with Crippen LogP contribution in [-0.2, 0) is 13.0 Å². The van der Waals surface area contributed by atoms with Crippen molar-refractivity contribution in [1.82, 2.24) is 14.9 Å². The Hall–Kier alpha value is -3.63. The fraction of sp³-hybridized carbons (Fsp3) is 0.200. The van der Waals surface area contributed by atoms with Gasteiger partial charge >= 0.3 is 0 Å². The molecular weight excluding hydrogens is 454 g/mol. The van der Waals surface area contributed by atoms with Gasteiger partial charge in [-0.3, -0.25) is 4.79 Å². The summed E-state index contributed by atoms with van der Waals surface area (Å²) in [6.45, 7) is 1.44. The van der Waals surface area contributed by atoms with E-state index in [-0.39, 0.29) is 5.91 Å². The normalized spacial score (nSPS) is 11.2. The van der Waals surface area contributed by atoms with E-state index < -0.39 is 0 Å². The lowest BCUT2D eigenvalue weighted by molar-refractivity contribution is 0.0953. The van der Waals surface area contributed by atoms with Crippen molar-refractivity contribution in [1.29, 1.82) is 0 Å². The van der Waals surface area contributed by atoms with Gasteiger partial charge < -0.3 is 9.88 Å².